The van der Waals surface area contributed by atoms with Crippen LogP contribution in [0, 0.1) is 0 Å². The lowest BCUT2D eigenvalue weighted by atomic mass is 10.1. The minimum Gasteiger partial charge on any atom is -0.504 e. The molecule has 27 heavy (non-hydrogen) atoms. The highest BCUT2D eigenvalue weighted by molar-refractivity contribution is 5.98. The van der Waals surface area contributed by atoms with E-state index in [2.05, 4.69) is 0 Å². The number of carbonyl (C=O) groups excluding carboxylic acids is 1. The fourth-order valence-corrected chi connectivity index (χ4v) is 2.73. The number of para-hydroxylation sites is 1. The normalized spacial score (nSPS) is 10.7. The number of hydrogen-bond acceptors (Lipinski definition) is 5. The van der Waals surface area contributed by atoms with Crippen molar-refractivity contribution in [2.75, 3.05) is 6.61 Å². The molecule has 1 N–H and O–H groups in total. The third kappa shape index (κ3) is 3.79. The van der Waals surface area contributed by atoms with Gasteiger partial charge in [-0.3, -0.25) is 4.79 Å². The molecule has 140 valence electrons. The number of benzene rings is 2. The summed E-state index contributed by atoms with van der Waals surface area (Å²) in [6.45, 7) is 2.34. The standard InChI is InChI=1S/C21H21NO5/c1-3-4-12-26-19-18(23)16-13-14(10-11-17(16)22(2)20(19)24)21(25)27-15-8-6-5-7-9-15/h5-11,13,23H,3-4,12H2,1-2H3. The number of ether oxygens (including phenoxy) is 2. The van der Waals surface area contributed by atoms with Crippen LogP contribution in [-0.2, 0) is 7.05 Å². The van der Waals surface area contributed by atoms with Crippen molar-refractivity contribution in [1.29, 1.82) is 0 Å². The van der Waals surface area contributed by atoms with Crippen LogP contribution >= 0.6 is 0 Å². The summed E-state index contributed by atoms with van der Waals surface area (Å²) in [6.07, 6.45) is 1.67. The molecule has 0 atom stereocenters. The van der Waals surface area contributed by atoms with Crippen LogP contribution in [0.4, 0.5) is 0 Å². The number of aryl methyl sites for hydroxylation is 1. The van der Waals surface area contributed by atoms with Crippen LogP contribution < -0.4 is 15.0 Å². The van der Waals surface area contributed by atoms with E-state index in [1.165, 1.54) is 10.6 Å². The van der Waals surface area contributed by atoms with Crippen LogP contribution in [0.1, 0.15) is 30.1 Å². The average Bonchev–Trinajstić information content (AvgIpc) is 2.69. The fraction of sp³-hybridized carbons (Fsp3) is 0.238. The molecular weight excluding hydrogens is 346 g/mol. The maximum atomic E-state index is 12.4. The summed E-state index contributed by atoms with van der Waals surface area (Å²) < 4.78 is 12.2. The SMILES string of the molecule is CCCCOc1c(O)c2cc(C(=O)Oc3ccccc3)ccc2n(C)c1=O. The summed E-state index contributed by atoms with van der Waals surface area (Å²) in [5, 5.41) is 10.9. The predicted octanol–water partition coefficient (Wildman–Crippen LogP) is 3.64. The summed E-state index contributed by atoms with van der Waals surface area (Å²) in [6, 6.07) is 13.4. The van der Waals surface area contributed by atoms with E-state index >= 15 is 0 Å². The molecule has 0 saturated carbocycles. The van der Waals surface area contributed by atoms with Crippen molar-refractivity contribution in [2.24, 2.45) is 7.05 Å². The maximum Gasteiger partial charge on any atom is 0.343 e. The molecule has 0 fully saturated rings. The quantitative estimate of drug-likeness (QED) is 0.409. The van der Waals surface area contributed by atoms with Gasteiger partial charge >= 0.3 is 5.97 Å². The lowest BCUT2D eigenvalue weighted by molar-refractivity contribution is 0.0735. The van der Waals surface area contributed by atoms with Crippen molar-refractivity contribution in [3.8, 4) is 17.2 Å². The highest BCUT2D eigenvalue weighted by Gasteiger charge is 2.18. The van der Waals surface area contributed by atoms with Crippen LogP contribution in [0.5, 0.6) is 17.2 Å². The van der Waals surface area contributed by atoms with E-state index in [0.29, 0.717) is 23.3 Å². The van der Waals surface area contributed by atoms with Crippen molar-refractivity contribution in [3.05, 3.63) is 64.4 Å². The van der Waals surface area contributed by atoms with Gasteiger partial charge in [-0.25, -0.2) is 4.79 Å². The second kappa shape index (κ2) is 7.95. The van der Waals surface area contributed by atoms with Gasteiger partial charge in [-0.1, -0.05) is 31.5 Å². The van der Waals surface area contributed by atoms with Crippen LogP contribution in [-0.4, -0.2) is 22.2 Å². The second-order valence-electron chi connectivity index (χ2n) is 6.18. The van der Waals surface area contributed by atoms with Gasteiger partial charge in [0.25, 0.3) is 5.56 Å². The van der Waals surface area contributed by atoms with Gasteiger partial charge in [0.05, 0.1) is 17.7 Å². The van der Waals surface area contributed by atoms with Crippen molar-refractivity contribution in [1.82, 2.24) is 4.57 Å². The lowest BCUT2D eigenvalue weighted by Gasteiger charge is -2.13. The molecule has 0 saturated heterocycles. The number of carbonyl (C=O) groups is 1. The summed E-state index contributed by atoms with van der Waals surface area (Å²) in [5.74, 6) is -0.494. The average molecular weight is 367 g/mol. The van der Waals surface area contributed by atoms with Crippen LogP contribution in [0.15, 0.2) is 53.3 Å². The van der Waals surface area contributed by atoms with E-state index in [9.17, 15) is 14.7 Å². The third-order valence-corrected chi connectivity index (χ3v) is 4.26. The van der Waals surface area contributed by atoms with Crippen molar-refractivity contribution < 1.29 is 19.4 Å². The zero-order valence-electron chi connectivity index (χ0n) is 15.3. The largest absolute Gasteiger partial charge is 0.504 e. The van der Waals surface area contributed by atoms with E-state index in [0.717, 1.165) is 12.8 Å². The van der Waals surface area contributed by atoms with Gasteiger partial charge in [0.1, 0.15) is 5.75 Å². The molecule has 6 heteroatoms. The number of rotatable bonds is 6. The summed E-state index contributed by atoms with van der Waals surface area (Å²) >= 11 is 0. The fourth-order valence-electron chi connectivity index (χ4n) is 2.73. The first-order valence-electron chi connectivity index (χ1n) is 8.78. The van der Waals surface area contributed by atoms with Crippen LogP contribution in [0.3, 0.4) is 0 Å². The number of nitrogens with zero attached hydrogens (tertiary/aromatic N) is 1. The Balaban J connectivity index is 2.00. The molecule has 3 aromatic rings. The number of hydrogen-bond donors (Lipinski definition) is 1. The van der Waals surface area contributed by atoms with Crippen molar-refractivity contribution in [3.63, 3.8) is 0 Å². The van der Waals surface area contributed by atoms with Gasteiger partial charge in [-0.15, -0.1) is 0 Å². The Morgan fingerprint density at radius 1 is 1.15 bits per heavy atom. The topological polar surface area (TPSA) is 77.8 Å². The number of aromatic nitrogens is 1. The van der Waals surface area contributed by atoms with Gasteiger partial charge in [0, 0.05) is 12.4 Å². The van der Waals surface area contributed by atoms with Crippen molar-refractivity contribution in [2.45, 2.75) is 19.8 Å². The molecule has 6 nitrogen and oxygen atoms in total. The smallest absolute Gasteiger partial charge is 0.343 e. The summed E-state index contributed by atoms with van der Waals surface area (Å²) in [4.78, 5) is 24.9. The highest BCUT2D eigenvalue weighted by Crippen LogP contribution is 2.32. The first kappa shape index (κ1) is 18.5. The Kier molecular flexibility index (Phi) is 5.45. The molecule has 0 spiro atoms. The van der Waals surface area contributed by atoms with E-state index < -0.39 is 11.5 Å². The number of esters is 1. The number of pyridine rings is 1. The van der Waals surface area contributed by atoms with E-state index in [4.69, 9.17) is 9.47 Å². The molecule has 0 aliphatic rings. The Bertz CT molecular complexity index is 1020. The molecule has 1 heterocycles. The Hall–Kier alpha value is -3.28. The van der Waals surface area contributed by atoms with E-state index in [1.54, 1.807) is 43.4 Å². The predicted molar refractivity (Wildman–Crippen MR) is 103 cm³/mol. The molecular formula is C21H21NO5. The molecule has 0 aliphatic heterocycles. The first-order valence-corrected chi connectivity index (χ1v) is 8.78. The molecule has 2 aromatic carbocycles. The molecule has 0 bridgehead atoms. The van der Waals surface area contributed by atoms with Gasteiger partial charge in [0.2, 0.25) is 5.75 Å². The third-order valence-electron chi connectivity index (χ3n) is 4.26. The summed E-state index contributed by atoms with van der Waals surface area (Å²) in [5.41, 5.74) is 0.340. The minimum atomic E-state index is -0.551. The second-order valence-corrected chi connectivity index (χ2v) is 6.18. The molecule has 0 aliphatic carbocycles. The molecule has 1 aromatic heterocycles. The van der Waals surface area contributed by atoms with Crippen LogP contribution in [0.2, 0.25) is 0 Å². The summed E-state index contributed by atoms with van der Waals surface area (Å²) in [7, 11) is 1.60. The number of fused-ring (bicyclic) bond motifs is 1. The van der Waals surface area contributed by atoms with E-state index in [1.807, 2.05) is 13.0 Å². The Morgan fingerprint density at radius 3 is 2.59 bits per heavy atom. The highest BCUT2D eigenvalue weighted by atomic mass is 16.5. The molecule has 0 amide bonds. The zero-order valence-corrected chi connectivity index (χ0v) is 15.3. The minimum absolute atomic E-state index is 0.105. The zero-order chi connectivity index (χ0) is 19.4. The Morgan fingerprint density at radius 2 is 1.89 bits per heavy atom. The van der Waals surface area contributed by atoms with Gasteiger partial charge in [-0.2, -0.15) is 0 Å². The number of unbranched alkanes of at least 4 members (excludes halogenated alkanes) is 1. The van der Waals surface area contributed by atoms with Gasteiger partial charge in [-0.05, 0) is 36.8 Å². The van der Waals surface area contributed by atoms with Gasteiger partial charge in [0.15, 0.2) is 5.75 Å². The van der Waals surface area contributed by atoms with Crippen LogP contribution in [0.25, 0.3) is 10.9 Å². The Labute approximate surface area is 156 Å². The molecule has 0 radical (unpaired) electrons. The van der Waals surface area contributed by atoms with Gasteiger partial charge < -0.3 is 19.1 Å². The van der Waals surface area contributed by atoms with Crippen molar-refractivity contribution >= 4 is 16.9 Å². The number of aromatic hydroxyl groups is 1. The lowest BCUT2D eigenvalue weighted by Crippen LogP contribution is -2.20. The van der Waals surface area contributed by atoms with E-state index in [-0.39, 0.29) is 17.1 Å². The monoisotopic (exact) mass is 367 g/mol. The first-order chi connectivity index (χ1) is 13.0. The molecule has 0 unspecified atom stereocenters. The maximum absolute atomic E-state index is 12.4. The molecule has 3 rings (SSSR count).